The van der Waals surface area contributed by atoms with Crippen molar-refractivity contribution in [2.24, 2.45) is 0 Å². The number of ether oxygens (including phenoxy) is 1. The van der Waals surface area contributed by atoms with Gasteiger partial charge in [0.1, 0.15) is 18.2 Å². The molecule has 0 bridgehead atoms. The van der Waals surface area contributed by atoms with Crippen LogP contribution in [0.5, 0.6) is 5.75 Å². The lowest BCUT2D eigenvalue weighted by Crippen LogP contribution is -2.53. The number of alkyl halides is 5. The fourth-order valence-electron chi connectivity index (χ4n) is 4.47. The van der Waals surface area contributed by atoms with Gasteiger partial charge in [0.05, 0.1) is 11.6 Å². The summed E-state index contributed by atoms with van der Waals surface area (Å²) in [5.41, 5.74) is 0.376. The number of rotatable bonds is 7. The summed E-state index contributed by atoms with van der Waals surface area (Å²) in [6, 6.07) is 6.19. The van der Waals surface area contributed by atoms with Crippen LogP contribution in [0.3, 0.4) is 0 Å². The third kappa shape index (κ3) is 5.97. The summed E-state index contributed by atoms with van der Waals surface area (Å²) in [5.74, 6) is -5.85. The Morgan fingerprint density at radius 3 is 2.54 bits per heavy atom. The van der Waals surface area contributed by atoms with Crippen LogP contribution in [0.1, 0.15) is 41.3 Å². The average Bonchev–Trinajstić information content (AvgIpc) is 3.11. The van der Waals surface area contributed by atoms with E-state index in [1.54, 1.807) is 17.0 Å². The summed E-state index contributed by atoms with van der Waals surface area (Å²) < 4.78 is 71.6. The Labute approximate surface area is 212 Å². The molecule has 1 fully saturated rings. The summed E-state index contributed by atoms with van der Waals surface area (Å²) in [6.07, 6.45) is -9.22. The van der Waals surface area contributed by atoms with E-state index in [-0.39, 0.29) is 18.1 Å². The molecule has 4 atom stereocenters. The highest BCUT2D eigenvalue weighted by molar-refractivity contribution is 6.30. The zero-order valence-corrected chi connectivity index (χ0v) is 19.7. The Kier molecular flexibility index (Phi) is 7.66. The number of hydrogen-bond donors (Lipinski definition) is 5. The van der Waals surface area contributed by atoms with Crippen molar-refractivity contribution in [2.75, 3.05) is 0 Å². The fraction of sp³-hybridized carbons (Fsp3) is 0.435. The third-order valence-electron chi connectivity index (χ3n) is 6.25. The standard InChI is InChI=1S/C23H23ClF5N3O5/c24-13-2-4-15(17(8-13)37-23(27,28)29)22(25,26)21(36)30-9-11-1-3-14-12(7-11)10-32(20(14)35)16-5-6-18(33)31-19(16)34/h1-4,7-8,16,18,20-21,30,33,35-36H,5-6,9-10H2,(H,31,34)/t16?,18-,20+,21-/m1/s1. The summed E-state index contributed by atoms with van der Waals surface area (Å²) in [4.78, 5) is 13.8. The molecular formula is C23H23ClF5N3O5. The Bertz CT molecular complexity index is 1170. The van der Waals surface area contributed by atoms with Crippen LogP contribution in [0.15, 0.2) is 36.4 Å². The van der Waals surface area contributed by atoms with Crippen LogP contribution in [0, 0.1) is 0 Å². The van der Waals surface area contributed by atoms with E-state index in [1.165, 1.54) is 6.07 Å². The first kappa shape index (κ1) is 27.5. The molecule has 5 N–H and O–H groups in total. The van der Waals surface area contributed by atoms with Crippen molar-refractivity contribution in [3.63, 3.8) is 0 Å². The van der Waals surface area contributed by atoms with Crippen LogP contribution in [0.25, 0.3) is 0 Å². The Morgan fingerprint density at radius 1 is 1.14 bits per heavy atom. The Morgan fingerprint density at radius 2 is 1.86 bits per heavy atom. The average molecular weight is 552 g/mol. The predicted octanol–water partition coefficient (Wildman–Crippen LogP) is 2.84. The SMILES string of the molecule is O=C1N[C@H](O)CCC1N1Cc2cc(CN[C@H](O)C(F)(F)c3ccc(Cl)cc3OC(F)(F)F)ccc2[C@@H]1O. The number of carbonyl (C=O) groups excluding carboxylic acids is 1. The number of benzene rings is 2. The van der Waals surface area contributed by atoms with Crippen LogP contribution < -0.4 is 15.4 Å². The summed E-state index contributed by atoms with van der Waals surface area (Å²) >= 11 is 5.62. The van der Waals surface area contributed by atoms with E-state index < -0.39 is 54.2 Å². The molecule has 2 aliphatic heterocycles. The topological polar surface area (TPSA) is 114 Å². The van der Waals surface area contributed by atoms with Crippen molar-refractivity contribution in [3.8, 4) is 5.75 Å². The number of aliphatic hydroxyl groups excluding tert-OH is 3. The lowest BCUT2D eigenvalue weighted by molar-refractivity contribution is -0.276. The molecule has 0 aromatic heterocycles. The van der Waals surface area contributed by atoms with E-state index in [4.69, 9.17) is 11.6 Å². The molecule has 0 spiro atoms. The molecule has 2 aliphatic rings. The molecule has 0 saturated carbocycles. The van der Waals surface area contributed by atoms with E-state index in [9.17, 15) is 42.1 Å². The van der Waals surface area contributed by atoms with Gasteiger partial charge >= 0.3 is 12.3 Å². The molecule has 1 amide bonds. The fourth-order valence-corrected chi connectivity index (χ4v) is 4.63. The highest BCUT2D eigenvalue weighted by Crippen LogP contribution is 2.41. The van der Waals surface area contributed by atoms with Crippen LogP contribution in [0.2, 0.25) is 5.02 Å². The number of nitrogens with zero attached hydrogens (tertiary/aromatic N) is 1. The van der Waals surface area contributed by atoms with Crippen molar-refractivity contribution in [2.45, 2.75) is 62.9 Å². The molecule has 1 unspecified atom stereocenters. The van der Waals surface area contributed by atoms with Gasteiger partial charge in [-0.25, -0.2) is 0 Å². The van der Waals surface area contributed by atoms with Gasteiger partial charge in [-0.1, -0.05) is 29.8 Å². The first-order chi connectivity index (χ1) is 17.3. The predicted molar refractivity (Wildman–Crippen MR) is 119 cm³/mol. The highest BCUT2D eigenvalue weighted by atomic mass is 35.5. The molecule has 0 radical (unpaired) electrons. The van der Waals surface area contributed by atoms with Crippen molar-refractivity contribution in [1.82, 2.24) is 15.5 Å². The third-order valence-corrected chi connectivity index (χ3v) is 6.48. The minimum absolute atomic E-state index is 0.181. The zero-order valence-electron chi connectivity index (χ0n) is 19.0. The molecule has 0 aliphatic carbocycles. The summed E-state index contributed by atoms with van der Waals surface area (Å²) in [5, 5.41) is 34.7. The molecule has 4 rings (SSSR count). The summed E-state index contributed by atoms with van der Waals surface area (Å²) in [7, 11) is 0. The van der Waals surface area contributed by atoms with E-state index >= 15 is 0 Å². The maximum Gasteiger partial charge on any atom is 0.573 e. The minimum atomic E-state index is -5.26. The van der Waals surface area contributed by atoms with Crippen LogP contribution in [-0.4, -0.2) is 51.0 Å². The molecule has 2 heterocycles. The second-order valence-corrected chi connectivity index (χ2v) is 9.23. The van der Waals surface area contributed by atoms with Crippen LogP contribution >= 0.6 is 11.6 Å². The maximum atomic E-state index is 14.9. The smallest absolute Gasteiger partial charge is 0.405 e. The second kappa shape index (κ2) is 10.3. The van der Waals surface area contributed by atoms with E-state index in [1.807, 2.05) is 0 Å². The van der Waals surface area contributed by atoms with Gasteiger partial charge in [-0.05, 0) is 47.7 Å². The van der Waals surface area contributed by atoms with Gasteiger partial charge in [-0.15, -0.1) is 13.2 Å². The number of fused-ring (bicyclic) bond motifs is 1. The number of piperidine rings is 1. The first-order valence-corrected chi connectivity index (χ1v) is 11.5. The second-order valence-electron chi connectivity index (χ2n) is 8.79. The van der Waals surface area contributed by atoms with Gasteiger partial charge in [0, 0.05) is 18.1 Å². The quantitative estimate of drug-likeness (QED) is 0.266. The number of halogens is 6. The molecule has 37 heavy (non-hydrogen) atoms. The van der Waals surface area contributed by atoms with E-state index in [0.717, 1.165) is 6.07 Å². The van der Waals surface area contributed by atoms with Crippen molar-refractivity contribution < 1.29 is 46.8 Å². The monoisotopic (exact) mass is 551 g/mol. The van der Waals surface area contributed by atoms with Gasteiger partial charge < -0.3 is 25.4 Å². The van der Waals surface area contributed by atoms with Crippen molar-refractivity contribution in [1.29, 1.82) is 0 Å². The Hall–Kier alpha value is -2.55. The maximum absolute atomic E-state index is 14.9. The van der Waals surface area contributed by atoms with Gasteiger partial charge in [-0.2, -0.15) is 8.78 Å². The zero-order chi connectivity index (χ0) is 27.1. The molecule has 2 aromatic rings. The number of hydrogen-bond acceptors (Lipinski definition) is 7. The van der Waals surface area contributed by atoms with E-state index in [0.29, 0.717) is 41.7 Å². The largest absolute Gasteiger partial charge is 0.573 e. The molecule has 14 heteroatoms. The summed E-state index contributed by atoms with van der Waals surface area (Å²) in [6.45, 7) is -0.112. The molecule has 202 valence electrons. The Balaban J connectivity index is 1.45. The lowest BCUT2D eigenvalue weighted by atomic mass is 10.0. The minimum Gasteiger partial charge on any atom is -0.405 e. The van der Waals surface area contributed by atoms with Crippen molar-refractivity contribution >= 4 is 17.5 Å². The van der Waals surface area contributed by atoms with Crippen molar-refractivity contribution in [3.05, 3.63) is 63.7 Å². The van der Waals surface area contributed by atoms with Gasteiger partial charge in [0.2, 0.25) is 5.91 Å². The lowest BCUT2D eigenvalue weighted by Gasteiger charge is -2.34. The first-order valence-electron chi connectivity index (χ1n) is 11.2. The molecular weight excluding hydrogens is 529 g/mol. The van der Waals surface area contributed by atoms with Gasteiger partial charge in [0.15, 0.2) is 6.23 Å². The van der Waals surface area contributed by atoms with Crippen LogP contribution in [0.4, 0.5) is 22.0 Å². The normalized spacial score (nSPS) is 23.5. The molecule has 1 saturated heterocycles. The van der Waals surface area contributed by atoms with Gasteiger partial charge in [-0.3, -0.25) is 15.0 Å². The van der Waals surface area contributed by atoms with Gasteiger partial charge in [0.25, 0.3) is 0 Å². The number of carbonyl (C=O) groups is 1. The number of nitrogens with one attached hydrogen (secondary N) is 2. The highest BCUT2D eigenvalue weighted by Gasteiger charge is 2.45. The molecule has 8 nitrogen and oxygen atoms in total. The molecule has 2 aromatic carbocycles. The van der Waals surface area contributed by atoms with E-state index in [2.05, 4.69) is 15.4 Å². The van der Waals surface area contributed by atoms with Crippen LogP contribution in [-0.2, 0) is 23.8 Å². The number of aliphatic hydroxyl groups is 3. The number of amides is 1.